The zero-order chi connectivity index (χ0) is 21.0. The number of halogens is 3. The van der Waals surface area contributed by atoms with Crippen molar-refractivity contribution in [2.24, 2.45) is 0 Å². The standard InChI is InChI=1S/C19H15F3N2O4S/c1-2-27-16(25)9-13-10-29-18(23-13)24-17(26)15-7-6-14(28-15)11-4-3-5-12(8-11)19(20,21)22/h3-8,10H,2,9H2,1H3,(H,23,24,26). The maximum atomic E-state index is 12.9. The second-order valence-electron chi connectivity index (χ2n) is 5.82. The number of furan rings is 1. The van der Waals surface area contributed by atoms with Gasteiger partial charge >= 0.3 is 12.1 Å². The highest BCUT2D eigenvalue weighted by atomic mass is 32.1. The summed E-state index contributed by atoms with van der Waals surface area (Å²) in [4.78, 5) is 27.9. The van der Waals surface area contributed by atoms with Crippen LogP contribution in [-0.4, -0.2) is 23.5 Å². The maximum absolute atomic E-state index is 12.9. The molecule has 1 N–H and O–H groups in total. The molecule has 3 rings (SSSR count). The summed E-state index contributed by atoms with van der Waals surface area (Å²) >= 11 is 1.12. The van der Waals surface area contributed by atoms with Gasteiger partial charge in [-0.1, -0.05) is 12.1 Å². The molecule has 1 aromatic carbocycles. The van der Waals surface area contributed by atoms with Crippen LogP contribution in [0.3, 0.4) is 0 Å². The number of nitrogens with zero attached hydrogens (tertiary/aromatic N) is 1. The second-order valence-corrected chi connectivity index (χ2v) is 6.68. The molecule has 3 aromatic rings. The molecule has 0 unspecified atom stereocenters. The quantitative estimate of drug-likeness (QED) is 0.576. The molecule has 10 heteroatoms. The fourth-order valence-electron chi connectivity index (χ4n) is 2.43. The van der Waals surface area contributed by atoms with Crippen LogP contribution in [0.1, 0.15) is 28.7 Å². The number of anilines is 1. The van der Waals surface area contributed by atoms with Crippen molar-refractivity contribution in [1.82, 2.24) is 4.98 Å². The van der Waals surface area contributed by atoms with Crippen LogP contribution in [0.15, 0.2) is 46.2 Å². The topological polar surface area (TPSA) is 81.4 Å². The SMILES string of the molecule is CCOC(=O)Cc1csc(NC(=O)c2ccc(-c3cccc(C(F)(F)F)c3)o2)n1. The summed E-state index contributed by atoms with van der Waals surface area (Å²) in [5.41, 5.74) is -0.160. The molecule has 0 atom stereocenters. The fraction of sp³-hybridized carbons (Fsp3) is 0.211. The number of alkyl halides is 3. The van der Waals surface area contributed by atoms with Gasteiger partial charge in [0.25, 0.3) is 5.91 Å². The highest BCUT2D eigenvalue weighted by molar-refractivity contribution is 7.14. The molecule has 29 heavy (non-hydrogen) atoms. The summed E-state index contributed by atoms with van der Waals surface area (Å²) in [6.45, 7) is 1.96. The third-order valence-corrected chi connectivity index (χ3v) is 4.51. The summed E-state index contributed by atoms with van der Waals surface area (Å²) < 4.78 is 48.8. The van der Waals surface area contributed by atoms with E-state index in [4.69, 9.17) is 9.15 Å². The van der Waals surface area contributed by atoms with Gasteiger partial charge in [0.15, 0.2) is 10.9 Å². The van der Waals surface area contributed by atoms with Gasteiger partial charge < -0.3 is 9.15 Å². The molecular formula is C19H15F3N2O4S. The van der Waals surface area contributed by atoms with Crippen LogP contribution in [0.2, 0.25) is 0 Å². The Hall–Kier alpha value is -3.14. The molecule has 0 aliphatic carbocycles. The van der Waals surface area contributed by atoms with Crippen LogP contribution in [0, 0.1) is 0 Å². The number of rotatable bonds is 6. The maximum Gasteiger partial charge on any atom is 0.416 e. The first-order valence-electron chi connectivity index (χ1n) is 8.45. The lowest BCUT2D eigenvalue weighted by molar-refractivity contribution is -0.142. The average molecular weight is 424 g/mol. The van der Waals surface area contributed by atoms with Crippen LogP contribution < -0.4 is 5.32 Å². The molecule has 6 nitrogen and oxygen atoms in total. The van der Waals surface area contributed by atoms with Gasteiger partial charge in [-0.25, -0.2) is 4.98 Å². The minimum Gasteiger partial charge on any atom is -0.466 e. The van der Waals surface area contributed by atoms with Gasteiger partial charge in [-0.3, -0.25) is 14.9 Å². The minimum absolute atomic E-state index is 0.0132. The smallest absolute Gasteiger partial charge is 0.416 e. The van der Waals surface area contributed by atoms with Crippen LogP contribution in [0.25, 0.3) is 11.3 Å². The molecular weight excluding hydrogens is 409 g/mol. The average Bonchev–Trinajstić information content (AvgIpc) is 3.31. The van der Waals surface area contributed by atoms with Gasteiger partial charge in [-0.05, 0) is 31.2 Å². The molecule has 0 saturated heterocycles. The molecule has 0 saturated carbocycles. The van der Waals surface area contributed by atoms with Crippen molar-refractivity contribution < 1.29 is 31.9 Å². The number of nitrogens with one attached hydrogen (secondary N) is 1. The predicted octanol–water partition coefficient (Wildman–Crippen LogP) is 4.78. The molecule has 0 bridgehead atoms. The molecule has 0 fully saturated rings. The number of carbonyl (C=O) groups is 2. The van der Waals surface area contributed by atoms with Gasteiger partial charge in [0.1, 0.15) is 5.76 Å². The lowest BCUT2D eigenvalue weighted by Gasteiger charge is -2.07. The first-order valence-corrected chi connectivity index (χ1v) is 9.33. The summed E-state index contributed by atoms with van der Waals surface area (Å²) in [5, 5.41) is 4.40. The Morgan fingerprint density at radius 3 is 2.76 bits per heavy atom. The van der Waals surface area contributed by atoms with E-state index >= 15 is 0 Å². The van der Waals surface area contributed by atoms with E-state index in [0.717, 1.165) is 23.5 Å². The number of carbonyl (C=O) groups excluding carboxylic acids is 2. The first kappa shape index (κ1) is 20.6. The van der Waals surface area contributed by atoms with E-state index in [1.165, 1.54) is 24.3 Å². The van der Waals surface area contributed by atoms with E-state index in [2.05, 4.69) is 10.3 Å². The molecule has 0 spiro atoms. The molecule has 2 aromatic heterocycles. The van der Waals surface area contributed by atoms with Gasteiger partial charge in [-0.15, -0.1) is 11.3 Å². The van der Waals surface area contributed by atoms with Crippen molar-refractivity contribution in [3.8, 4) is 11.3 Å². The van der Waals surface area contributed by atoms with Gasteiger partial charge in [0, 0.05) is 10.9 Å². The lowest BCUT2D eigenvalue weighted by Crippen LogP contribution is -2.11. The second kappa shape index (κ2) is 8.48. The van der Waals surface area contributed by atoms with Gasteiger partial charge in [0.2, 0.25) is 0 Å². The number of ether oxygens (including phenoxy) is 1. The van der Waals surface area contributed by atoms with E-state index in [9.17, 15) is 22.8 Å². The Bertz CT molecular complexity index is 1030. The van der Waals surface area contributed by atoms with Gasteiger partial charge in [-0.2, -0.15) is 13.2 Å². The monoisotopic (exact) mass is 424 g/mol. The zero-order valence-corrected chi connectivity index (χ0v) is 15.9. The number of aromatic nitrogens is 1. The lowest BCUT2D eigenvalue weighted by atomic mass is 10.1. The largest absolute Gasteiger partial charge is 0.466 e. The number of esters is 1. The molecule has 0 aliphatic rings. The van der Waals surface area contributed by atoms with Crippen LogP contribution in [0.5, 0.6) is 0 Å². The highest BCUT2D eigenvalue weighted by Gasteiger charge is 2.30. The molecule has 0 radical (unpaired) electrons. The Kier molecular flexibility index (Phi) is 6.02. The predicted molar refractivity (Wildman–Crippen MR) is 99.6 cm³/mol. The third kappa shape index (κ3) is 5.23. The summed E-state index contributed by atoms with van der Waals surface area (Å²) in [7, 11) is 0. The fourth-order valence-corrected chi connectivity index (χ4v) is 3.13. The summed E-state index contributed by atoms with van der Waals surface area (Å²) in [6.07, 6.45) is -4.49. The number of benzene rings is 1. The number of hydrogen-bond acceptors (Lipinski definition) is 6. The van der Waals surface area contributed by atoms with Crippen molar-refractivity contribution in [2.75, 3.05) is 11.9 Å². The zero-order valence-electron chi connectivity index (χ0n) is 15.1. The van der Waals surface area contributed by atoms with Gasteiger partial charge in [0.05, 0.1) is 24.3 Å². The van der Waals surface area contributed by atoms with Crippen molar-refractivity contribution in [2.45, 2.75) is 19.5 Å². The number of amides is 1. The van der Waals surface area contributed by atoms with Crippen molar-refractivity contribution in [1.29, 1.82) is 0 Å². The Balaban J connectivity index is 1.69. The van der Waals surface area contributed by atoms with Crippen molar-refractivity contribution in [3.63, 3.8) is 0 Å². The van der Waals surface area contributed by atoms with E-state index in [1.807, 2.05) is 0 Å². The summed E-state index contributed by atoms with van der Waals surface area (Å²) in [6, 6.07) is 7.40. The summed E-state index contributed by atoms with van der Waals surface area (Å²) in [5.74, 6) is -0.990. The van der Waals surface area contributed by atoms with Crippen molar-refractivity contribution in [3.05, 3.63) is 58.8 Å². The Labute approximate surface area is 167 Å². The Morgan fingerprint density at radius 1 is 1.24 bits per heavy atom. The van der Waals surface area contributed by atoms with Crippen LogP contribution in [-0.2, 0) is 22.1 Å². The first-order chi connectivity index (χ1) is 13.8. The Morgan fingerprint density at radius 2 is 2.03 bits per heavy atom. The van der Waals surface area contributed by atoms with E-state index in [0.29, 0.717) is 5.69 Å². The minimum atomic E-state index is -4.48. The van der Waals surface area contributed by atoms with Crippen molar-refractivity contribution >= 4 is 28.3 Å². The highest BCUT2D eigenvalue weighted by Crippen LogP contribution is 2.32. The van der Waals surface area contributed by atoms with E-state index in [-0.39, 0.29) is 35.2 Å². The molecule has 2 heterocycles. The molecule has 0 aliphatic heterocycles. The van der Waals surface area contributed by atoms with E-state index < -0.39 is 23.6 Å². The normalized spacial score (nSPS) is 11.3. The van der Waals surface area contributed by atoms with E-state index in [1.54, 1.807) is 12.3 Å². The number of thiazole rings is 1. The molecule has 1 amide bonds. The molecule has 152 valence electrons. The van der Waals surface area contributed by atoms with Crippen LogP contribution in [0.4, 0.5) is 18.3 Å². The third-order valence-electron chi connectivity index (χ3n) is 3.71. The number of hydrogen-bond donors (Lipinski definition) is 1. The van der Waals surface area contributed by atoms with Crippen LogP contribution >= 0.6 is 11.3 Å².